The van der Waals surface area contributed by atoms with Crippen molar-refractivity contribution in [2.24, 2.45) is 0 Å². The first-order valence-corrected chi connectivity index (χ1v) is 8.87. The molecule has 0 saturated carbocycles. The topological polar surface area (TPSA) is 61.6 Å². The zero-order valence-electron chi connectivity index (χ0n) is 15.8. The number of ether oxygens (including phenoxy) is 2. The molecule has 1 heterocycles. The zero-order valence-corrected chi connectivity index (χ0v) is 15.8. The molecule has 3 aromatic rings. The first-order valence-electron chi connectivity index (χ1n) is 8.87. The highest BCUT2D eigenvalue weighted by Gasteiger charge is 2.12. The average Bonchev–Trinajstić information content (AvgIpc) is 3.03. The standard InChI is InChI=1S/C22H23NO4/c1-15-6-4-8-18(12-15)22-23-20(16(2)27-22)10-11-26-19-9-5-7-17(13-19)14-21(24)25-3/h4-9,12-13H,10-11,14H2,1-3H3. The van der Waals surface area contributed by atoms with Crippen molar-refractivity contribution in [3.8, 4) is 17.2 Å². The van der Waals surface area contributed by atoms with Crippen molar-refractivity contribution >= 4 is 5.97 Å². The summed E-state index contributed by atoms with van der Waals surface area (Å²) in [5.74, 6) is 1.88. The Morgan fingerprint density at radius 2 is 1.93 bits per heavy atom. The number of hydrogen-bond donors (Lipinski definition) is 0. The Bertz CT molecular complexity index is 930. The van der Waals surface area contributed by atoms with Crippen LogP contribution in [0.1, 0.15) is 22.6 Å². The summed E-state index contributed by atoms with van der Waals surface area (Å²) in [6.07, 6.45) is 0.873. The fraction of sp³-hybridized carbons (Fsp3) is 0.273. The van der Waals surface area contributed by atoms with E-state index in [1.54, 1.807) is 0 Å². The lowest BCUT2D eigenvalue weighted by molar-refractivity contribution is -0.139. The van der Waals surface area contributed by atoms with Crippen LogP contribution in [0.2, 0.25) is 0 Å². The zero-order chi connectivity index (χ0) is 19.2. The van der Waals surface area contributed by atoms with Crippen LogP contribution in [0, 0.1) is 13.8 Å². The van der Waals surface area contributed by atoms with Gasteiger partial charge in [-0.05, 0) is 43.7 Å². The normalized spacial score (nSPS) is 10.6. The van der Waals surface area contributed by atoms with Crippen LogP contribution in [0.4, 0.5) is 0 Å². The van der Waals surface area contributed by atoms with Crippen molar-refractivity contribution in [1.29, 1.82) is 0 Å². The number of esters is 1. The van der Waals surface area contributed by atoms with Gasteiger partial charge in [0.25, 0.3) is 0 Å². The molecular weight excluding hydrogens is 342 g/mol. The number of nitrogens with zero attached hydrogens (tertiary/aromatic N) is 1. The Balaban J connectivity index is 1.61. The van der Waals surface area contributed by atoms with Crippen molar-refractivity contribution < 1.29 is 18.7 Å². The molecule has 0 amide bonds. The molecule has 0 unspecified atom stereocenters. The third-order valence-electron chi connectivity index (χ3n) is 4.24. The first kappa shape index (κ1) is 18.7. The molecule has 27 heavy (non-hydrogen) atoms. The Morgan fingerprint density at radius 3 is 2.70 bits per heavy atom. The van der Waals surface area contributed by atoms with Gasteiger partial charge in [-0.15, -0.1) is 0 Å². The van der Waals surface area contributed by atoms with E-state index in [4.69, 9.17) is 13.9 Å². The summed E-state index contributed by atoms with van der Waals surface area (Å²) >= 11 is 0. The summed E-state index contributed by atoms with van der Waals surface area (Å²) in [5, 5.41) is 0. The molecule has 0 radical (unpaired) electrons. The molecule has 5 nitrogen and oxygen atoms in total. The number of rotatable bonds is 7. The van der Waals surface area contributed by atoms with E-state index in [1.807, 2.05) is 56.3 Å². The molecule has 0 bridgehead atoms. The van der Waals surface area contributed by atoms with Crippen LogP contribution in [-0.2, 0) is 22.4 Å². The van der Waals surface area contributed by atoms with Crippen molar-refractivity contribution in [3.05, 3.63) is 71.1 Å². The van der Waals surface area contributed by atoms with Gasteiger partial charge in [-0.2, -0.15) is 0 Å². The van der Waals surface area contributed by atoms with Crippen molar-refractivity contribution in [2.75, 3.05) is 13.7 Å². The minimum atomic E-state index is -0.269. The van der Waals surface area contributed by atoms with E-state index >= 15 is 0 Å². The minimum Gasteiger partial charge on any atom is -0.493 e. The highest BCUT2D eigenvalue weighted by molar-refractivity contribution is 5.72. The highest BCUT2D eigenvalue weighted by atomic mass is 16.5. The Labute approximate surface area is 159 Å². The second-order valence-corrected chi connectivity index (χ2v) is 6.39. The minimum absolute atomic E-state index is 0.232. The van der Waals surface area contributed by atoms with Crippen molar-refractivity contribution in [1.82, 2.24) is 4.98 Å². The maximum atomic E-state index is 11.4. The summed E-state index contributed by atoms with van der Waals surface area (Å²) in [5.41, 5.74) is 3.89. The van der Waals surface area contributed by atoms with Gasteiger partial charge in [-0.3, -0.25) is 4.79 Å². The Morgan fingerprint density at radius 1 is 1.11 bits per heavy atom. The van der Waals surface area contributed by atoms with Gasteiger partial charge >= 0.3 is 5.97 Å². The quantitative estimate of drug-likeness (QED) is 0.584. The molecule has 140 valence electrons. The molecule has 2 aromatic carbocycles. The van der Waals surface area contributed by atoms with Gasteiger partial charge in [0.2, 0.25) is 5.89 Å². The monoisotopic (exact) mass is 365 g/mol. The first-order chi connectivity index (χ1) is 13.0. The van der Waals surface area contributed by atoms with Gasteiger partial charge in [0.15, 0.2) is 0 Å². The Kier molecular flexibility index (Phi) is 5.91. The van der Waals surface area contributed by atoms with Crippen LogP contribution >= 0.6 is 0 Å². The molecule has 0 aliphatic rings. The number of hydrogen-bond acceptors (Lipinski definition) is 5. The molecule has 0 aliphatic heterocycles. The lowest BCUT2D eigenvalue weighted by atomic mass is 10.1. The largest absolute Gasteiger partial charge is 0.493 e. The molecule has 0 aliphatic carbocycles. The molecular formula is C22H23NO4. The molecule has 0 spiro atoms. The van der Waals surface area contributed by atoms with Gasteiger partial charge in [-0.1, -0.05) is 29.8 Å². The second-order valence-electron chi connectivity index (χ2n) is 6.39. The summed E-state index contributed by atoms with van der Waals surface area (Å²) in [6.45, 7) is 4.43. The molecule has 0 saturated heterocycles. The highest BCUT2D eigenvalue weighted by Crippen LogP contribution is 2.23. The van der Waals surface area contributed by atoms with E-state index in [2.05, 4.69) is 11.1 Å². The predicted octanol–water partition coefficient (Wildman–Crippen LogP) is 4.30. The third kappa shape index (κ3) is 4.97. The van der Waals surface area contributed by atoms with E-state index in [9.17, 15) is 4.79 Å². The predicted molar refractivity (Wildman–Crippen MR) is 103 cm³/mol. The molecule has 1 aromatic heterocycles. The number of aromatic nitrogens is 1. The van der Waals surface area contributed by atoms with Gasteiger partial charge < -0.3 is 13.9 Å². The fourth-order valence-electron chi connectivity index (χ4n) is 2.81. The van der Waals surface area contributed by atoms with E-state index in [-0.39, 0.29) is 12.4 Å². The molecule has 0 fully saturated rings. The smallest absolute Gasteiger partial charge is 0.309 e. The summed E-state index contributed by atoms with van der Waals surface area (Å²) in [4.78, 5) is 16.0. The molecule has 5 heteroatoms. The van der Waals surface area contributed by atoms with Crippen LogP contribution in [0.3, 0.4) is 0 Å². The molecule has 3 rings (SSSR count). The number of methoxy groups -OCH3 is 1. The molecule has 0 atom stereocenters. The van der Waals surface area contributed by atoms with Crippen molar-refractivity contribution in [3.63, 3.8) is 0 Å². The number of benzene rings is 2. The SMILES string of the molecule is COC(=O)Cc1cccc(OCCc2nc(-c3cccc(C)c3)oc2C)c1. The van der Waals surface area contributed by atoms with Crippen LogP contribution in [-0.4, -0.2) is 24.7 Å². The van der Waals surface area contributed by atoms with E-state index in [0.717, 1.165) is 28.3 Å². The lowest BCUT2D eigenvalue weighted by Crippen LogP contribution is -2.06. The lowest BCUT2D eigenvalue weighted by Gasteiger charge is -2.07. The van der Waals surface area contributed by atoms with E-state index in [1.165, 1.54) is 12.7 Å². The number of oxazole rings is 1. The average molecular weight is 365 g/mol. The Hall–Kier alpha value is -3.08. The fourth-order valence-corrected chi connectivity index (χ4v) is 2.81. The van der Waals surface area contributed by atoms with Crippen LogP contribution in [0.15, 0.2) is 52.9 Å². The second kappa shape index (κ2) is 8.54. The van der Waals surface area contributed by atoms with Crippen LogP contribution < -0.4 is 4.74 Å². The van der Waals surface area contributed by atoms with Gasteiger partial charge in [0, 0.05) is 12.0 Å². The number of carbonyl (C=O) groups excluding carboxylic acids is 1. The summed E-state index contributed by atoms with van der Waals surface area (Å²) in [7, 11) is 1.38. The summed E-state index contributed by atoms with van der Waals surface area (Å²) in [6, 6.07) is 15.5. The summed E-state index contributed by atoms with van der Waals surface area (Å²) < 4.78 is 16.3. The van der Waals surface area contributed by atoms with E-state index < -0.39 is 0 Å². The van der Waals surface area contributed by atoms with Gasteiger partial charge in [0.1, 0.15) is 11.5 Å². The van der Waals surface area contributed by atoms with E-state index in [0.29, 0.717) is 18.9 Å². The molecule has 0 N–H and O–H groups in total. The number of carbonyl (C=O) groups is 1. The third-order valence-corrected chi connectivity index (χ3v) is 4.24. The van der Waals surface area contributed by atoms with Gasteiger partial charge in [0.05, 0.1) is 25.8 Å². The van der Waals surface area contributed by atoms with Crippen molar-refractivity contribution in [2.45, 2.75) is 26.7 Å². The van der Waals surface area contributed by atoms with Gasteiger partial charge in [-0.25, -0.2) is 4.98 Å². The van der Waals surface area contributed by atoms with Crippen LogP contribution in [0.5, 0.6) is 5.75 Å². The number of aryl methyl sites for hydroxylation is 2. The maximum absolute atomic E-state index is 11.4. The van der Waals surface area contributed by atoms with Crippen LogP contribution in [0.25, 0.3) is 11.5 Å². The maximum Gasteiger partial charge on any atom is 0.309 e.